The first kappa shape index (κ1) is 12.0. The fourth-order valence-corrected chi connectivity index (χ4v) is 1.97. The lowest BCUT2D eigenvalue weighted by molar-refractivity contribution is 0.685. The van der Waals surface area contributed by atoms with Crippen LogP contribution < -0.4 is 11.1 Å². The summed E-state index contributed by atoms with van der Waals surface area (Å²) in [5.41, 5.74) is 8.76. The van der Waals surface area contributed by atoms with Crippen LogP contribution in [0, 0.1) is 6.92 Å². The molecule has 3 N–H and O–H groups in total. The second-order valence-electron chi connectivity index (χ2n) is 3.60. The van der Waals surface area contributed by atoms with Gasteiger partial charge < -0.3 is 11.1 Å². The minimum atomic E-state index is -0.705. The molecule has 0 radical (unpaired) electrons. The molecule has 0 saturated carbocycles. The quantitative estimate of drug-likeness (QED) is 0.594. The molecule has 0 aliphatic carbocycles. The maximum atomic E-state index is 10.8. The van der Waals surface area contributed by atoms with Crippen LogP contribution in [0.3, 0.4) is 0 Å². The van der Waals surface area contributed by atoms with Crippen LogP contribution in [0.25, 0.3) is 0 Å². The Kier molecular flexibility index (Phi) is 4.62. The molecule has 15 heavy (non-hydrogen) atoms. The summed E-state index contributed by atoms with van der Waals surface area (Å²) in [4.78, 5) is 0. The van der Waals surface area contributed by atoms with Gasteiger partial charge in [0.2, 0.25) is 0 Å². The first-order chi connectivity index (χ1) is 7.11. The van der Waals surface area contributed by atoms with E-state index in [4.69, 9.17) is 5.73 Å². The summed E-state index contributed by atoms with van der Waals surface area (Å²) in [7, 11) is -0.705. The highest BCUT2D eigenvalue weighted by atomic mass is 32.2. The lowest BCUT2D eigenvalue weighted by atomic mass is 10.1. The summed E-state index contributed by atoms with van der Waals surface area (Å²) in [6.45, 7) is 2.84. The topological polar surface area (TPSA) is 55.1 Å². The maximum Gasteiger partial charge on any atom is 0.0603 e. The molecule has 0 aromatic heterocycles. The van der Waals surface area contributed by atoms with Gasteiger partial charge in [-0.1, -0.05) is 12.1 Å². The number of benzene rings is 1. The fourth-order valence-electron chi connectivity index (χ4n) is 1.42. The molecule has 0 bridgehead atoms. The van der Waals surface area contributed by atoms with Crippen molar-refractivity contribution >= 4 is 22.2 Å². The van der Waals surface area contributed by atoms with Crippen molar-refractivity contribution in [1.29, 1.82) is 0 Å². The molecule has 1 unspecified atom stereocenters. The highest BCUT2D eigenvalue weighted by Gasteiger charge is 2.01. The Hall–Kier alpha value is -1.03. The number of para-hydroxylation sites is 1. The van der Waals surface area contributed by atoms with Gasteiger partial charge in [-0.25, -0.2) is 0 Å². The molecule has 84 valence electrons. The van der Waals surface area contributed by atoms with Crippen LogP contribution in [-0.4, -0.2) is 22.8 Å². The summed E-state index contributed by atoms with van der Waals surface area (Å²) < 4.78 is 10.8. The number of anilines is 2. The van der Waals surface area contributed by atoms with Crippen molar-refractivity contribution in [2.45, 2.75) is 13.3 Å². The molecule has 4 heteroatoms. The number of nitrogens with two attached hydrogens (primary N) is 1. The number of hydrogen-bond acceptors (Lipinski definition) is 3. The second kappa shape index (κ2) is 5.75. The molecular formula is C11H18N2OS. The Balaban J connectivity index is 2.47. The first-order valence-corrected chi connectivity index (χ1v) is 6.73. The lowest BCUT2D eigenvalue weighted by Crippen LogP contribution is -2.08. The Bertz CT molecular complexity index is 332. The van der Waals surface area contributed by atoms with Crippen LogP contribution in [0.1, 0.15) is 12.0 Å². The largest absolute Gasteiger partial charge is 0.397 e. The third-order valence-corrected chi connectivity index (χ3v) is 3.08. The van der Waals surface area contributed by atoms with Crippen LogP contribution in [0.15, 0.2) is 18.2 Å². The van der Waals surface area contributed by atoms with Crippen molar-refractivity contribution in [3.63, 3.8) is 0 Å². The standard InChI is InChI=1S/C11H18N2OS/c1-9-5-3-6-10(12)11(9)13-7-4-8-15(2)14/h3,5-6,13H,4,7-8,12H2,1-2H3. The van der Waals surface area contributed by atoms with Crippen LogP contribution in [0.5, 0.6) is 0 Å². The van der Waals surface area contributed by atoms with Crippen LogP contribution in [-0.2, 0) is 10.8 Å². The maximum absolute atomic E-state index is 10.8. The smallest absolute Gasteiger partial charge is 0.0603 e. The summed E-state index contributed by atoms with van der Waals surface area (Å²) in [6.07, 6.45) is 2.62. The number of nitrogen functional groups attached to an aromatic ring is 1. The Morgan fingerprint density at radius 2 is 2.20 bits per heavy atom. The highest BCUT2D eigenvalue weighted by Crippen LogP contribution is 2.22. The molecule has 0 aliphatic heterocycles. The van der Waals surface area contributed by atoms with E-state index >= 15 is 0 Å². The fraction of sp³-hybridized carbons (Fsp3) is 0.455. The van der Waals surface area contributed by atoms with Gasteiger partial charge in [0.25, 0.3) is 0 Å². The number of nitrogens with one attached hydrogen (secondary N) is 1. The molecular weight excluding hydrogens is 208 g/mol. The Morgan fingerprint density at radius 3 is 2.80 bits per heavy atom. The van der Waals surface area contributed by atoms with Crippen molar-refractivity contribution in [1.82, 2.24) is 0 Å². The van der Waals surface area contributed by atoms with Crippen molar-refractivity contribution in [3.05, 3.63) is 23.8 Å². The number of rotatable bonds is 5. The van der Waals surface area contributed by atoms with E-state index in [2.05, 4.69) is 5.32 Å². The number of aryl methyl sites for hydroxylation is 1. The third-order valence-electron chi connectivity index (χ3n) is 2.22. The van der Waals surface area contributed by atoms with E-state index in [9.17, 15) is 4.21 Å². The molecule has 0 heterocycles. The molecule has 0 fully saturated rings. The minimum absolute atomic E-state index is 0.705. The molecule has 1 aromatic carbocycles. The van der Waals surface area contributed by atoms with E-state index in [1.165, 1.54) is 0 Å². The van der Waals surface area contributed by atoms with Gasteiger partial charge in [0, 0.05) is 29.4 Å². The van der Waals surface area contributed by atoms with Gasteiger partial charge in [-0.2, -0.15) is 0 Å². The molecule has 1 rings (SSSR count). The van der Waals surface area contributed by atoms with Gasteiger partial charge in [-0.05, 0) is 25.0 Å². The summed E-state index contributed by atoms with van der Waals surface area (Å²) in [5, 5.41) is 3.28. The average molecular weight is 226 g/mol. The predicted molar refractivity (Wildman–Crippen MR) is 67.6 cm³/mol. The zero-order chi connectivity index (χ0) is 11.3. The van der Waals surface area contributed by atoms with Gasteiger partial charge in [0.05, 0.1) is 11.4 Å². The van der Waals surface area contributed by atoms with Gasteiger partial charge >= 0.3 is 0 Å². The van der Waals surface area contributed by atoms with E-state index < -0.39 is 10.8 Å². The monoisotopic (exact) mass is 226 g/mol. The number of hydrogen-bond donors (Lipinski definition) is 2. The molecule has 0 saturated heterocycles. The lowest BCUT2D eigenvalue weighted by Gasteiger charge is -2.11. The normalized spacial score (nSPS) is 12.4. The van der Waals surface area contributed by atoms with Gasteiger partial charge in [-0.3, -0.25) is 4.21 Å². The van der Waals surface area contributed by atoms with Gasteiger partial charge in [0.15, 0.2) is 0 Å². The van der Waals surface area contributed by atoms with Crippen LogP contribution in [0.2, 0.25) is 0 Å². The molecule has 3 nitrogen and oxygen atoms in total. The molecule has 0 spiro atoms. The van der Waals surface area contributed by atoms with Crippen molar-refractivity contribution < 1.29 is 4.21 Å². The predicted octanol–water partition coefficient (Wildman–Crippen LogP) is 1.76. The molecule has 1 atom stereocenters. The minimum Gasteiger partial charge on any atom is -0.397 e. The second-order valence-corrected chi connectivity index (χ2v) is 5.15. The zero-order valence-corrected chi connectivity index (χ0v) is 10.1. The molecule has 1 aromatic rings. The molecule has 0 aliphatic rings. The first-order valence-electron chi connectivity index (χ1n) is 5.00. The summed E-state index contributed by atoms with van der Waals surface area (Å²) in [5.74, 6) is 0.735. The van der Waals surface area contributed by atoms with Crippen LogP contribution >= 0.6 is 0 Å². The van der Waals surface area contributed by atoms with E-state index in [0.29, 0.717) is 0 Å². The SMILES string of the molecule is Cc1cccc(N)c1NCCCS(C)=O. The van der Waals surface area contributed by atoms with Crippen molar-refractivity contribution in [2.75, 3.05) is 29.6 Å². The van der Waals surface area contributed by atoms with Gasteiger partial charge in [0.1, 0.15) is 0 Å². The van der Waals surface area contributed by atoms with E-state index in [-0.39, 0.29) is 0 Å². The average Bonchev–Trinajstić information content (AvgIpc) is 2.15. The van der Waals surface area contributed by atoms with E-state index in [0.717, 1.165) is 35.7 Å². The Morgan fingerprint density at radius 1 is 1.47 bits per heavy atom. The Labute approximate surface area is 93.5 Å². The summed E-state index contributed by atoms with van der Waals surface area (Å²) in [6, 6.07) is 5.85. The molecule has 0 amide bonds. The van der Waals surface area contributed by atoms with E-state index in [1.807, 2.05) is 25.1 Å². The van der Waals surface area contributed by atoms with E-state index in [1.54, 1.807) is 6.26 Å². The summed E-state index contributed by atoms with van der Waals surface area (Å²) >= 11 is 0. The van der Waals surface area contributed by atoms with Crippen molar-refractivity contribution in [2.24, 2.45) is 0 Å². The third kappa shape index (κ3) is 3.91. The van der Waals surface area contributed by atoms with Crippen molar-refractivity contribution in [3.8, 4) is 0 Å². The van der Waals surface area contributed by atoms with Gasteiger partial charge in [-0.15, -0.1) is 0 Å². The highest BCUT2D eigenvalue weighted by molar-refractivity contribution is 7.84. The zero-order valence-electron chi connectivity index (χ0n) is 9.25. The van der Waals surface area contributed by atoms with Crippen LogP contribution in [0.4, 0.5) is 11.4 Å².